The summed E-state index contributed by atoms with van der Waals surface area (Å²) in [6.45, 7) is 1.27. The topological polar surface area (TPSA) is 83.8 Å². The third-order valence-electron chi connectivity index (χ3n) is 2.64. The summed E-state index contributed by atoms with van der Waals surface area (Å²) >= 11 is 0. The minimum atomic E-state index is -0.683. The van der Waals surface area contributed by atoms with Crippen LogP contribution in [-0.4, -0.2) is 57.6 Å². The molecule has 0 fully saturated rings. The van der Waals surface area contributed by atoms with Crippen molar-refractivity contribution < 1.29 is 18.7 Å². The zero-order chi connectivity index (χ0) is 15.0. The van der Waals surface area contributed by atoms with Crippen LogP contribution < -0.4 is 10.6 Å². The van der Waals surface area contributed by atoms with Gasteiger partial charge in [0.15, 0.2) is 0 Å². The Kier molecular flexibility index (Phi) is 6.75. The van der Waals surface area contributed by atoms with Gasteiger partial charge in [0.1, 0.15) is 11.9 Å². The molecule has 1 rings (SSSR count). The van der Waals surface area contributed by atoms with Gasteiger partial charge in [0.05, 0.1) is 12.8 Å². The van der Waals surface area contributed by atoms with Crippen LogP contribution in [0.15, 0.2) is 22.8 Å². The van der Waals surface area contributed by atoms with E-state index in [4.69, 9.17) is 9.15 Å². The lowest BCUT2D eigenvalue weighted by Gasteiger charge is -2.14. The quantitative estimate of drug-likeness (QED) is 0.675. The number of furan rings is 1. The summed E-state index contributed by atoms with van der Waals surface area (Å²) in [5, 5.41) is 5.04. The summed E-state index contributed by atoms with van der Waals surface area (Å²) in [5.74, 6) is -0.737. The van der Waals surface area contributed by atoms with E-state index in [0.717, 1.165) is 0 Å². The van der Waals surface area contributed by atoms with E-state index in [1.165, 1.54) is 13.4 Å². The Morgan fingerprint density at radius 1 is 1.35 bits per heavy atom. The molecule has 7 nitrogen and oxygen atoms in total. The average molecular weight is 283 g/mol. The van der Waals surface area contributed by atoms with E-state index in [1.807, 2.05) is 19.0 Å². The second-order valence-corrected chi connectivity index (χ2v) is 4.51. The monoisotopic (exact) mass is 283 g/mol. The molecule has 0 aliphatic carbocycles. The smallest absolute Gasteiger partial charge is 0.309 e. The fourth-order valence-corrected chi connectivity index (χ4v) is 1.51. The van der Waals surface area contributed by atoms with Crippen LogP contribution in [0, 0.1) is 0 Å². The highest BCUT2D eigenvalue weighted by Gasteiger charge is 2.18. The molecule has 7 heteroatoms. The second-order valence-electron chi connectivity index (χ2n) is 4.51. The molecular formula is C13H21N3O4. The lowest BCUT2D eigenvalue weighted by Crippen LogP contribution is -2.43. The van der Waals surface area contributed by atoms with Gasteiger partial charge >= 0.3 is 11.8 Å². The first-order chi connectivity index (χ1) is 9.54. The third-order valence-corrected chi connectivity index (χ3v) is 2.64. The number of nitrogens with one attached hydrogen (secondary N) is 2. The van der Waals surface area contributed by atoms with Gasteiger partial charge in [0.2, 0.25) is 0 Å². The van der Waals surface area contributed by atoms with E-state index in [9.17, 15) is 9.59 Å². The van der Waals surface area contributed by atoms with Gasteiger partial charge in [-0.3, -0.25) is 9.59 Å². The van der Waals surface area contributed by atoms with E-state index in [1.54, 1.807) is 12.1 Å². The summed E-state index contributed by atoms with van der Waals surface area (Å²) in [5.41, 5.74) is 0. The van der Waals surface area contributed by atoms with Crippen LogP contribution in [0.25, 0.3) is 0 Å². The molecule has 1 aromatic heterocycles. The molecule has 112 valence electrons. The molecule has 1 unspecified atom stereocenters. The molecule has 2 N–H and O–H groups in total. The van der Waals surface area contributed by atoms with Crippen LogP contribution in [0.1, 0.15) is 11.9 Å². The van der Waals surface area contributed by atoms with E-state index in [2.05, 4.69) is 10.6 Å². The summed E-state index contributed by atoms with van der Waals surface area (Å²) < 4.78 is 10.4. The molecule has 0 spiro atoms. The summed E-state index contributed by atoms with van der Waals surface area (Å²) in [6, 6.07) is 3.48. The molecule has 1 aromatic rings. The van der Waals surface area contributed by atoms with Crippen LogP contribution in [0.3, 0.4) is 0 Å². The van der Waals surface area contributed by atoms with Crippen LogP contribution >= 0.6 is 0 Å². The number of methoxy groups -OCH3 is 1. The number of amides is 2. The van der Waals surface area contributed by atoms with Crippen molar-refractivity contribution in [3.8, 4) is 0 Å². The van der Waals surface area contributed by atoms with Gasteiger partial charge in [-0.15, -0.1) is 0 Å². The zero-order valence-electron chi connectivity index (χ0n) is 12.0. The van der Waals surface area contributed by atoms with Crippen molar-refractivity contribution in [1.29, 1.82) is 0 Å². The fraction of sp³-hybridized carbons (Fsp3) is 0.538. The van der Waals surface area contributed by atoms with Crippen LogP contribution in [0.4, 0.5) is 0 Å². The Hall–Kier alpha value is -1.86. The molecule has 1 heterocycles. The minimum Gasteiger partial charge on any atom is -0.467 e. The Labute approximate surface area is 118 Å². The normalized spacial score (nSPS) is 12.2. The van der Waals surface area contributed by atoms with Crippen molar-refractivity contribution in [2.45, 2.75) is 6.10 Å². The Balaban J connectivity index is 2.32. The zero-order valence-corrected chi connectivity index (χ0v) is 12.0. The average Bonchev–Trinajstić information content (AvgIpc) is 2.92. The molecule has 0 aromatic carbocycles. The van der Waals surface area contributed by atoms with Gasteiger partial charge in [-0.25, -0.2) is 0 Å². The van der Waals surface area contributed by atoms with Crippen molar-refractivity contribution in [3.63, 3.8) is 0 Å². The Morgan fingerprint density at radius 2 is 2.05 bits per heavy atom. The summed E-state index contributed by atoms with van der Waals surface area (Å²) in [4.78, 5) is 25.0. The minimum absolute atomic E-state index is 0.171. The number of carbonyl (C=O) groups is 2. The predicted octanol–water partition coefficient (Wildman–Crippen LogP) is -0.239. The highest BCUT2D eigenvalue weighted by atomic mass is 16.5. The molecular weight excluding hydrogens is 262 g/mol. The van der Waals surface area contributed by atoms with Crippen molar-refractivity contribution in [1.82, 2.24) is 15.5 Å². The molecule has 20 heavy (non-hydrogen) atoms. The molecule has 2 amide bonds. The van der Waals surface area contributed by atoms with Gasteiger partial charge in [0, 0.05) is 20.2 Å². The number of hydrogen-bond acceptors (Lipinski definition) is 5. The van der Waals surface area contributed by atoms with Gasteiger partial charge < -0.3 is 24.7 Å². The van der Waals surface area contributed by atoms with Crippen molar-refractivity contribution in [2.24, 2.45) is 0 Å². The number of rotatable bonds is 7. The Bertz CT molecular complexity index is 417. The second kappa shape index (κ2) is 8.34. The van der Waals surface area contributed by atoms with E-state index < -0.39 is 17.9 Å². The third kappa shape index (κ3) is 5.41. The number of hydrogen-bond donors (Lipinski definition) is 2. The van der Waals surface area contributed by atoms with Gasteiger partial charge in [-0.1, -0.05) is 0 Å². The van der Waals surface area contributed by atoms with Gasteiger partial charge in [0.25, 0.3) is 0 Å². The first-order valence-corrected chi connectivity index (χ1v) is 6.31. The molecule has 0 aliphatic rings. The summed E-state index contributed by atoms with van der Waals surface area (Å²) in [7, 11) is 5.29. The van der Waals surface area contributed by atoms with E-state index in [0.29, 0.717) is 18.8 Å². The van der Waals surface area contributed by atoms with Crippen molar-refractivity contribution in [3.05, 3.63) is 24.2 Å². The van der Waals surface area contributed by atoms with E-state index >= 15 is 0 Å². The van der Waals surface area contributed by atoms with E-state index in [-0.39, 0.29) is 6.54 Å². The molecule has 0 saturated heterocycles. The highest BCUT2D eigenvalue weighted by molar-refractivity contribution is 6.35. The fourth-order valence-electron chi connectivity index (χ4n) is 1.51. The predicted molar refractivity (Wildman–Crippen MR) is 73.0 cm³/mol. The Morgan fingerprint density at radius 3 is 2.60 bits per heavy atom. The molecule has 0 aliphatic heterocycles. The van der Waals surface area contributed by atoms with Crippen LogP contribution in [-0.2, 0) is 14.3 Å². The number of ether oxygens (including phenoxy) is 1. The lowest BCUT2D eigenvalue weighted by molar-refractivity contribution is -0.139. The van der Waals surface area contributed by atoms with Gasteiger partial charge in [-0.2, -0.15) is 0 Å². The number of carbonyl (C=O) groups excluding carboxylic acids is 2. The molecule has 0 bridgehead atoms. The lowest BCUT2D eigenvalue weighted by atomic mass is 10.2. The maximum atomic E-state index is 11.6. The van der Waals surface area contributed by atoms with Crippen LogP contribution in [0.5, 0.6) is 0 Å². The molecule has 1 atom stereocenters. The SMILES string of the molecule is COC(CNC(=O)C(=O)NCCN(C)C)c1ccco1. The largest absolute Gasteiger partial charge is 0.467 e. The number of nitrogens with zero attached hydrogens (tertiary/aromatic N) is 1. The summed E-state index contributed by atoms with van der Waals surface area (Å²) in [6.07, 6.45) is 1.11. The van der Waals surface area contributed by atoms with Gasteiger partial charge in [-0.05, 0) is 26.2 Å². The van der Waals surface area contributed by atoms with Crippen molar-refractivity contribution >= 4 is 11.8 Å². The van der Waals surface area contributed by atoms with Crippen molar-refractivity contribution in [2.75, 3.05) is 40.8 Å². The maximum Gasteiger partial charge on any atom is 0.309 e. The first kappa shape index (κ1) is 16.2. The van der Waals surface area contributed by atoms with Crippen LogP contribution in [0.2, 0.25) is 0 Å². The first-order valence-electron chi connectivity index (χ1n) is 6.31. The highest BCUT2D eigenvalue weighted by Crippen LogP contribution is 2.15. The standard InChI is InChI=1S/C13H21N3O4/c1-16(2)7-6-14-12(17)13(18)15-9-11(19-3)10-5-4-8-20-10/h4-5,8,11H,6-7,9H2,1-3H3,(H,14,17)(H,15,18). The molecule has 0 saturated carbocycles. The number of likely N-dealkylation sites (N-methyl/N-ethyl adjacent to an activating group) is 1. The molecule has 0 radical (unpaired) electrons. The maximum absolute atomic E-state index is 11.6.